The Morgan fingerprint density at radius 1 is 1.21 bits per heavy atom. The molecular formula is C30H37N9O2S. The Balaban J connectivity index is 1.82. The summed E-state index contributed by atoms with van der Waals surface area (Å²) < 4.78 is 26.4. The average molecular weight is 588 g/mol. The molecule has 42 heavy (non-hydrogen) atoms. The summed E-state index contributed by atoms with van der Waals surface area (Å²) in [6, 6.07) is 15.1. The van der Waals surface area contributed by atoms with E-state index < -0.39 is 16.1 Å². The molecule has 5 N–H and O–H groups in total. The highest BCUT2D eigenvalue weighted by atomic mass is 32.2. The predicted molar refractivity (Wildman–Crippen MR) is 167 cm³/mol. The van der Waals surface area contributed by atoms with E-state index in [1.807, 2.05) is 23.3 Å². The molecule has 0 saturated heterocycles. The standard InChI is InChI=1S/C30H37N9O2S/c1-19(15-31)27(34-18-30(2,3)4)25-14-23(13-21(16-32)28(25)33-5)35-29(26-17-39(38-36-26)24-10-11-24)20-8-7-9-22(12-20)37-42(6,40)41/h7-9,12-14,17,24,29,34-38H,5,10-11,18H2,1-4,6H3/b27-19-/t29-/m0/s1. The number of sulfonamides is 1. The van der Waals surface area contributed by atoms with E-state index in [9.17, 15) is 18.9 Å². The van der Waals surface area contributed by atoms with Crippen LogP contribution in [0.3, 0.4) is 0 Å². The molecule has 1 fully saturated rings. The Kier molecular flexibility index (Phi) is 8.81. The zero-order valence-corrected chi connectivity index (χ0v) is 25.4. The molecule has 1 saturated carbocycles. The number of hydrazine groups is 2. The van der Waals surface area contributed by atoms with Gasteiger partial charge in [0.1, 0.15) is 6.07 Å². The number of anilines is 2. The van der Waals surface area contributed by atoms with Crippen molar-refractivity contribution in [2.75, 3.05) is 22.8 Å². The van der Waals surface area contributed by atoms with Gasteiger partial charge in [-0.1, -0.05) is 32.9 Å². The zero-order chi connectivity index (χ0) is 30.7. The number of benzene rings is 2. The first-order valence-electron chi connectivity index (χ1n) is 13.6. The third-order valence-corrected chi connectivity index (χ3v) is 7.30. The molecule has 12 heteroatoms. The fraction of sp³-hybridized carbons (Fsp3) is 0.367. The van der Waals surface area contributed by atoms with Gasteiger partial charge in [0.25, 0.3) is 0 Å². The number of hydrogen-bond acceptors (Lipinski definition) is 10. The van der Waals surface area contributed by atoms with Crippen molar-refractivity contribution < 1.29 is 8.42 Å². The van der Waals surface area contributed by atoms with E-state index in [-0.39, 0.29) is 5.41 Å². The predicted octanol–water partition coefficient (Wildman–Crippen LogP) is 4.63. The summed E-state index contributed by atoms with van der Waals surface area (Å²) in [6.45, 7) is 12.3. The van der Waals surface area contributed by atoms with Gasteiger partial charge in [-0.2, -0.15) is 10.5 Å². The van der Waals surface area contributed by atoms with Crippen LogP contribution < -0.4 is 26.3 Å². The summed E-state index contributed by atoms with van der Waals surface area (Å²) in [5.41, 5.74) is 11.3. The number of nitrogens with one attached hydrogen (secondary N) is 5. The van der Waals surface area contributed by atoms with E-state index in [4.69, 9.17) is 0 Å². The highest BCUT2D eigenvalue weighted by Gasteiger charge is 2.32. The van der Waals surface area contributed by atoms with Crippen LogP contribution in [0.5, 0.6) is 0 Å². The van der Waals surface area contributed by atoms with Crippen LogP contribution >= 0.6 is 0 Å². The maximum atomic E-state index is 11.9. The van der Waals surface area contributed by atoms with Crippen molar-refractivity contribution in [1.29, 1.82) is 10.5 Å². The van der Waals surface area contributed by atoms with Crippen LogP contribution in [0.1, 0.15) is 63.3 Å². The highest BCUT2D eigenvalue weighted by molar-refractivity contribution is 7.92. The van der Waals surface area contributed by atoms with Gasteiger partial charge in [-0.3, -0.25) is 14.7 Å². The normalized spacial score (nSPS) is 16.3. The smallest absolute Gasteiger partial charge is 0.229 e. The number of hydrogen-bond donors (Lipinski definition) is 5. The molecule has 0 amide bonds. The summed E-state index contributed by atoms with van der Waals surface area (Å²) in [6.07, 6.45) is 5.28. The lowest BCUT2D eigenvalue weighted by molar-refractivity contribution is 0.260. The number of allylic oxidation sites excluding steroid dienone is 1. The zero-order valence-electron chi connectivity index (χ0n) is 24.5. The van der Waals surface area contributed by atoms with Crippen molar-refractivity contribution >= 4 is 39.5 Å². The maximum absolute atomic E-state index is 11.9. The Morgan fingerprint density at radius 2 is 1.95 bits per heavy atom. The summed E-state index contributed by atoms with van der Waals surface area (Å²) in [5.74, 6) is 0. The third-order valence-electron chi connectivity index (χ3n) is 6.69. The van der Waals surface area contributed by atoms with Crippen LogP contribution in [-0.2, 0) is 10.0 Å². The molecule has 0 unspecified atom stereocenters. The second-order valence-corrected chi connectivity index (χ2v) is 13.5. The Morgan fingerprint density at radius 3 is 2.55 bits per heavy atom. The molecule has 2 aliphatic rings. The number of rotatable bonds is 11. The number of nitriles is 2. The second kappa shape index (κ2) is 12.1. The van der Waals surface area contributed by atoms with Crippen LogP contribution in [0.25, 0.3) is 5.70 Å². The van der Waals surface area contributed by atoms with Gasteiger partial charge in [0.15, 0.2) is 0 Å². The molecule has 1 aliphatic heterocycles. The van der Waals surface area contributed by atoms with Crippen molar-refractivity contribution in [1.82, 2.24) is 21.3 Å². The minimum atomic E-state index is -3.48. The van der Waals surface area contributed by atoms with Gasteiger partial charge in [-0.15, -0.1) is 5.53 Å². The molecular weight excluding hydrogens is 550 g/mol. The fourth-order valence-electron chi connectivity index (χ4n) is 4.55. The molecule has 1 heterocycles. The summed E-state index contributed by atoms with van der Waals surface area (Å²) in [7, 11) is -3.48. The summed E-state index contributed by atoms with van der Waals surface area (Å²) in [5, 5.41) is 28.9. The molecule has 0 radical (unpaired) electrons. The second-order valence-electron chi connectivity index (χ2n) is 11.8. The molecule has 1 aliphatic carbocycles. The van der Waals surface area contributed by atoms with E-state index in [0.717, 1.165) is 30.4 Å². The van der Waals surface area contributed by atoms with E-state index in [1.165, 1.54) is 0 Å². The molecule has 11 nitrogen and oxygen atoms in total. The van der Waals surface area contributed by atoms with E-state index in [1.54, 1.807) is 31.2 Å². The molecule has 2 aromatic rings. The maximum Gasteiger partial charge on any atom is 0.229 e. The average Bonchev–Trinajstić information content (AvgIpc) is 3.66. The van der Waals surface area contributed by atoms with E-state index in [2.05, 4.69) is 70.9 Å². The topological polar surface area (TPSA) is 157 Å². The third kappa shape index (κ3) is 7.60. The van der Waals surface area contributed by atoms with Gasteiger partial charge in [-0.05, 0) is 61.7 Å². The first-order valence-corrected chi connectivity index (χ1v) is 15.5. The van der Waals surface area contributed by atoms with Crippen molar-refractivity contribution in [2.24, 2.45) is 10.4 Å². The Labute approximate surface area is 248 Å². The van der Waals surface area contributed by atoms with Gasteiger partial charge >= 0.3 is 0 Å². The lowest BCUT2D eigenvalue weighted by Crippen LogP contribution is -2.38. The quantitative estimate of drug-likeness (QED) is 0.187. The van der Waals surface area contributed by atoms with Crippen LogP contribution in [0.15, 0.2) is 58.9 Å². The van der Waals surface area contributed by atoms with Crippen LogP contribution in [0.4, 0.5) is 17.1 Å². The molecule has 0 bridgehead atoms. The van der Waals surface area contributed by atoms with Crippen LogP contribution in [0.2, 0.25) is 0 Å². The molecule has 4 rings (SSSR count). The lowest BCUT2D eigenvalue weighted by Gasteiger charge is -2.25. The minimum Gasteiger partial charge on any atom is -0.383 e. The molecule has 1 atom stereocenters. The Bertz CT molecular complexity index is 1620. The monoisotopic (exact) mass is 587 g/mol. The molecule has 0 spiro atoms. The van der Waals surface area contributed by atoms with Crippen molar-refractivity contribution in [2.45, 2.75) is 52.6 Å². The van der Waals surface area contributed by atoms with E-state index >= 15 is 0 Å². The largest absolute Gasteiger partial charge is 0.383 e. The van der Waals surface area contributed by atoms with Gasteiger partial charge in [-0.25, -0.2) is 8.42 Å². The van der Waals surface area contributed by atoms with Gasteiger partial charge in [0.2, 0.25) is 10.0 Å². The first-order chi connectivity index (χ1) is 19.8. The SMILES string of the molecule is C=Nc1c(C#N)cc(N[C@H](C2=CN(C3CC3)NN2)c2cccc(NS(C)(=O)=O)c2)cc1/C(NCC(C)(C)C)=C(\C)C#N. The molecule has 220 valence electrons. The first kappa shape index (κ1) is 30.4. The van der Waals surface area contributed by atoms with E-state index in [0.29, 0.717) is 52.0 Å². The number of aliphatic imine (C=N–C) groups is 1. The lowest BCUT2D eigenvalue weighted by atomic mass is 9.95. The highest BCUT2D eigenvalue weighted by Crippen LogP contribution is 2.37. The molecule has 2 aromatic carbocycles. The van der Waals surface area contributed by atoms with Gasteiger partial charge in [0, 0.05) is 35.7 Å². The van der Waals surface area contributed by atoms with Crippen molar-refractivity contribution in [3.05, 3.63) is 70.6 Å². The minimum absolute atomic E-state index is 0.0756. The fourth-order valence-corrected chi connectivity index (χ4v) is 5.10. The van der Waals surface area contributed by atoms with Crippen molar-refractivity contribution in [3.63, 3.8) is 0 Å². The van der Waals surface area contributed by atoms with Gasteiger partial charge in [0.05, 0.1) is 46.6 Å². The number of nitrogens with zero attached hydrogens (tertiary/aromatic N) is 4. The summed E-state index contributed by atoms with van der Waals surface area (Å²) in [4.78, 5) is 4.17. The Hall–Kier alpha value is -4.52. The van der Waals surface area contributed by atoms with Crippen LogP contribution in [0, 0.1) is 28.1 Å². The van der Waals surface area contributed by atoms with Crippen LogP contribution in [-0.4, -0.2) is 39.0 Å². The molecule has 0 aromatic heterocycles. The van der Waals surface area contributed by atoms with Gasteiger partial charge < -0.3 is 16.1 Å². The van der Waals surface area contributed by atoms with Crippen molar-refractivity contribution in [3.8, 4) is 12.1 Å². The summed E-state index contributed by atoms with van der Waals surface area (Å²) >= 11 is 0.